The second-order valence-corrected chi connectivity index (χ2v) is 8.63. The van der Waals surface area contributed by atoms with Crippen LogP contribution in [0.2, 0.25) is 0 Å². The number of benzene rings is 2. The average Bonchev–Trinajstić information content (AvgIpc) is 2.82. The van der Waals surface area contributed by atoms with Gasteiger partial charge in [0.2, 0.25) is 5.91 Å². The Labute approximate surface area is 191 Å². The molecule has 0 radical (unpaired) electrons. The van der Waals surface area contributed by atoms with Crippen LogP contribution in [0.15, 0.2) is 48.5 Å². The maximum atomic E-state index is 12.3. The first-order valence-corrected chi connectivity index (χ1v) is 11.6. The molecule has 32 heavy (non-hydrogen) atoms. The summed E-state index contributed by atoms with van der Waals surface area (Å²) in [5, 5.41) is 14.1. The Bertz CT molecular complexity index is 1080. The van der Waals surface area contributed by atoms with Gasteiger partial charge in [-0.25, -0.2) is 9.97 Å². The summed E-state index contributed by atoms with van der Waals surface area (Å²) in [5.74, 6) is 1.44. The zero-order valence-electron chi connectivity index (χ0n) is 18.9. The number of fused-ring (bicyclic) bond motifs is 1. The number of anilines is 1. The topological polar surface area (TPSA) is 78.4 Å². The van der Waals surface area contributed by atoms with Crippen LogP contribution in [0, 0.1) is 6.92 Å². The molecule has 1 aliphatic rings. The van der Waals surface area contributed by atoms with Gasteiger partial charge in [0.15, 0.2) is 5.82 Å². The van der Waals surface area contributed by atoms with E-state index in [0.717, 1.165) is 72.4 Å². The number of aromatic nitrogens is 2. The molecule has 6 heteroatoms. The highest BCUT2D eigenvalue weighted by molar-refractivity contribution is 5.91. The highest BCUT2D eigenvalue weighted by Crippen LogP contribution is 2.30. The van der Waals surface area contributed by atoms with E-state index in [4.69, 9.17) is 9.97 Å². The minimum atomic E-state index is -0.907. The lowest BCUT2D eigenvalue weighted by molar-refractivity contribution is -0.130. The minimum absolute atomic E-state index is 0. The van der Waals surface area contributed by atoms with Crippen LogP contribution >= 0.6 is 0 Å². The Balaban J connectivity index is 0.00000306. The lowest BCUT2D eigenvalue weighted by atomic mass is 10.0. The number of hydrogen-bond donors (Lipinski definition) is 2. The van der Waals surface area contributed by atoms with Crippen molar-refractivity contribution in [3.05, 3.63) is 54.1 Å². The molecule has 1 saturated heterocycles. The van der Waals surface area contributed by atoms with E-state index in [1.807, 2.05) is 30.3 Å². The van der Waals surface area contributed by atoms with Crippen molar-refractivity contribution >= 4 is 22.6 Å². The van der Waals surface area contributed by atoms with E-state index in [2.05, 4.69) is 42.3 Å². The van der Waals surface area contributed by atoms with Gasteiger partial charge in [0.05, 0.1) is 5.52 Å². The van der Waals surface area contributed by atoms with Crippen molar-refractivity contribution in [2.75, 3.05) is 18.0 Å². The molecule has 170 valence electrons. The molecular formula is C26H34N4O2. The lowest BCUT2D eigenvalue weighted by Gasteiger charge is -2.34. The predicted molar refractivity (Wildman–Crippen MR) is 131 cm³/mol. The maximum absolute atomic E-state index is 12.3. The fourth-order valence-corrected chi connectivity index (χ4v) is 4.31. The van der Waals surface area contributed by atoms with Crippen LogP contribution in [0.1, 0.15) is 46.0 Å². The summed E-state index contributed by atoms with van der Waals surface area (Å²) in [4.78, 5) is 24.4. The summed E-state index contributed by atoms with van der Waals surface area (Å²) in [6.07, 6.45) is 3.09. The third kappa shape index (κ3) is 4.91. The number of para-hydroxylation sites is 1. The molecule has 1 aromatic heterocycles. The van der Waals surface area contributed by atoms with Crippen LogP contribution < -0.4 is 10.2 Å². The Morgan fingerprint density at radius 2 is 1.88 bits per heavy atom. The number of amides is 1. The number of carbonyl (C=O) groups is 1. The van der Waals surface area contributed by atoms with Crippen molar-refractivity contribution < 1.29 is 11.3 Å². The van der Waals surface area contributed by atoms with Gasteiger partial charge >= 0.3 is 0 Å². The third-order valence-corrected chi connectivity index (χ3v) is 6.24. The van der Waals surface area contributed by atoms with Crippen molar-refractivity contribution in [3.63, 3.8) is 0 Å². The molecule has 1 amide bonds. The van der Waals surface area contributed by atoms with E-state index in [-0.39, 0.29) is 13.4 Å². The van der Waals surface area contributed by atoms with Gasteiger partial charge in [-0.15, -0.1) is 0 Å². The number of aliphatic hydroxyl groups excluding tert-OH is 1. The van der Waals surface area contributed by atoms with Crippen molar-refractivity contribution in [2.45, 2.75) is 58.1 Å². The first-order valence-electron chi connectivity index (χ1n) is 11.6. The Morgan fingerprint density at radius 1 is 1.16 bits per heavy atom. The number of unbranched alkanes of at least 4 members (excludes halogenated alkanes) is 1. The molecular weight excluding hydrogens is 400 g/mol. The monoisotopic (exact) mass is 434 g/mol. The van der Waals surface area contributed by atoms with Crippen LogP contribution in [0.3, 0.4) is 0 Å². The standard InChI is InChI=1S/C26H32N4O2.H2/c1-3-4-13-23(31)26(32)27-19-14-16-30(17-15-19)25-21-11-7-8-12-22(21)28-24(29-25)20-10-6-5-9-18(20)2;/h5-12,19,23,31H,3-4,13-17H2,1-2H3,(H,27,32);1H. The number of carbonyl (C=O) groups excluding carboxylic acids is 1. The van der Waals surface area contributed by atoms with Crippen molar-refractivity contribution in [2.24, 2.45) is 0 Å². The number of rotatable bonds is 7. The molecule has 0 saturated carbocycles. The Kier molecular flexibility index (Phi) is 7.00. The average molecular weight is 435 g/mol. The molecule has 1 aliphatic heterocycles. The van der Waals surface area contributed by atoms with Gasteiger partial charge in [-0.1, -0.05) is 56.2 Å². The second-order valence-electron chi connectivity index (χ2n) is 8.63. The fraction of sp³-hybridized carbons (Fsp3) is 0.423. The first-order chi connectivity index (χ1) is 15.6. The number of piperidine rings is 1. The zero-order valence-corrected chi connectivity index (χ0v) is 18.9. The number of hydrogen-bond acceptors (Lipinski definition) is 5. The van der Waals surface area contributed by atoms with Crippen LogP contribution in [0.25, 0.3) is 22.3 Å². The summed E-state index contributed by atoms with van der Waals surface area (Å²) < 4.78 is 0. The maximum Gasteiger partial charge on any atom is 0.249 e. The predicted octanol–water partition coefficient (Wildman–Crippen LogP) is 4.49. The molecule has 4 rings (SSSR count). The van der Waals surface area contributed by atoms with Crippen LogP contribution in [-0.2, 0) is 4.79 Å². The van der Waals surface area contributed by atoms with Gasteiger partial charge in [0.25, 0.3) is 0 Å². The van der Waals surface area contributed by atoms with E-state index < -0.39 is 6.10 Å². The van der Waals surface area contributed by atoms with Gasteiger partial charge in [-0.05, 0) is 43.9 Å². The molecule has 0 bridgehead atoms. The van der Waals surface area contributed by atoms with E-state index >= 15 is 0 Å². The highest BCUT2D eigenvalue weighted by atomic mass is 16.3. The summed E-state index contributed by atoms with van der Waals surface area (Å²) in [5.41, 5.74) is 3.13. The summed E-state index contributed by atoms with van der Waals surface area (Å²) >= 11 is 0. The molecule has 3 aromatic rings. The summed E-state index contributed by atoms with van der Waals surface area (Å²) in [6.45, 7) is 5.73. The van der Waals surface area contributed by atoms with E-state index in [1.54, 1.807) is 0 Å². The second kappa shape index (κ2) is 10.1. The molecule has 0 spiro atoms. The number of aliphatic hydroxyl groups is 1. The Hall–Kier alpha value is -2.99. The number of nitrogens with one attached hydrogen (secondary N) is 1. The van der Waals surface area contributed by atoms with Crippen LogP contribution in [-0.4, -0.2) is 46.2 Å². The van der Waals surface area contributed by atoms with Crippen LogP contribution in [0.5, 0.6) is 0 Å². The smallest absolute Gasteiger partial charge is 0.249 e. The fourth-order valence-electron chi connectivity index (χ4n) is 4.31. The van der Waals surface area contributed by atoms with E-state index in [9.17, 15) is 9.90 Å². The van der Waals surface area contributed by atoms with Crippen LogP contribution in [0.4, 0.5) is 5.82 Å². The zero-order chi connectivity index (χ0) is 22.5. The van der Waals surface area contributed by atoms with Gasteiger partial charge in [-0.2, -0.15) is 0 Å². The quantitative estimate of drug-likeness (QED) is 0.573. The van der Waals surface area contributed by atoms with E-state index in [1.165, 1.54) is 0 Å². The van der Waals surface area contributed by atoms with Gasteiger partial charge in [0, 0.05) is 31.5 Å². The van der Waals surface area contributed by atoms with E-state index in [0.29, 0.717) is 6.42 Å². The molecule has 2 N–H and O–H groups in total. The number of aryl methyl sites for hydroxylation is 1. The molecule has 6 nitrogen and oxygen atoms in total. The lowest BCUT2D eigenvalue weighted by Crippen LogP contribution is -2.47. The Morgan fingerprint density at radius 3 is 2.62 bits per heavy atom. The molecule has 1 fully saturated rings. The molecule has 0 aliphatic carbocycles. The SMILES string of the molecule is CCCCC(O)C(=O)NC1CCN(c2nc(-c3ccccc3C)nc3ccccc23)CC1.[HH]. The van der Waals surface area contributed by atoms with Crippen molar-refractivity contribution in [1.82, 2.24) is 15.3 Å². The largest absolute Gasteiger partial charge is 0.383 e. The summed E-state index contributed by atoms with van der Waals surface area (Å²) in [6, 6.07) is 16.4. The molecule has 1 unspecified atom stereocenters. The minimum Gasteiger partial charge on any atom is -0.383 e. The molecule has 1 atom stereocenters. The normalized spacial score (nSPS) is 15.7. The van der Waals surface area contributed by atoms with Gasteiger partial charge in [-0.3, -0.25) is 4.79 Å². The van der Waals surface area contributed by atoms with Gasteiger partial charge < -0.3 is 15.3 Å². The van der Waals surface area contributed by atoms with Crippen molar-refractivity contribution in [1.29, 1.82) is 0 Å². The molecule has 2 aromatic carbocycles. The third-order valence-electron chi connectivity index (χ3n) is 6.24. The van der Waals surface area contributed by atoms with Crippen molar-refractivity contribution in [3.8, 4) is 11.4 Å². The number of nitrogens with zero attached hydrogens (tertiary/aromatic N) is 3. The highest BCUT2D eigenvalue weighted by Gasteiger charge is 2.25. The first kappa shape index (κ1) is 22.2. The molecule has 2 heterocycles. The summed E-state index contributed by atoms with van der Waals surface area (Å²) in [7, 11) is 0. The van der Waals surface area contributed by atoms with Gasteiger partial charge in [0.1, 0.15) is 11.9 Å².